The van der Waals surface area contributed by atoms with Crippen LogP contribution in [-0.2, 0) is 4.74 Å². The van der Waals surface area contributed by atoms with E-state index in [1.54, 1.807) is 9.47 Å². The summed E-state index contributed by atoms with van der Waals surface area (Å²) < 4.78 is 48.3. The van der Waals surface area contributed by atoms with Crippen molar-refractivity contribution in [1.29, 1.82) is 0 Å². The Morgan fingerprint density at radius 3 is 2.46 bits per heavy atom. The van der Waals surface area contributed by atoms with E-state index in [1.165, 1.54) is 12.3 Å². The molecule has 2 aromatic heterocycles. The number of fused-ring (bicyclic) bond motifs is 1. The van der Waals surface area contributed by atoms with Crippen LogP contribution in [0.15, 0.2) is 41.5 Å². The number of hydrogen-bond donors (Lipinski definition) is 1. The first-order valence-electron chi connectivity index (χ1n) is 12.1. The topological polar surface area (TPSA) is 113 Å². The number of nitrogen functional groups attached to an aromatic ring is 1. The third kappa shape index (κ3) is 5.38. The van der Waals surface area contributed by atoms with Crippen molar-refractivity contribution in [2.45, 2.75) is 44.0 Å². The van der Waals surface area contributed by atoms with Gasteiger partial charge < -0.3 is 20.1 Å². The highest BCUT2D eigenvalue weighted by Gasteiger charge is 2.32. The maximum Gasteiger partial charge on any atom is 0.573 e. The van der Waals surface area contributed by atoms with Crippen LogP contribution in [0.2, 0.25) is 0 Å². The number of likely N-dealkylation sites (tertiary alicyclic amines) is 1. The van der Waals surface area contributed by atoms with E-state index in [0.29, 0.717) is 56.2 Å². The second kappa shape index (κ2) is 10.0. The lowest BCUT2D eigenvalue weighted by Gasteiger charge is -2.33. The van der Waals surface area contributed by atoms with Gasteiger partial charge in [0.2, 0.25) is 0 Å². The van der Waals surface area contributed by atoms with Crippen LogP contribution in [0.25, 0.3) is 11.2 Å². The zero-order valence-corrected chi connectivity index (χ0v) is 19.9. The van der Waals surface area contributed by atoms with E-state index >= 15 is 0 Å². The maximum atomic E-state index is 13.0. The summed E-state index contributed by atoms with van der Waals surface area (Å²) in [5.41, 5.74) is 7.83. The molecule has 4 heterocycles. The number of ether oxygens (including phenoxy) is 2. The van der Waals surface area contributed by atoms with Gasteiger partial charge >= 0.3 is 6.36 Å². The van der Waals surface area contributed by atoms with E-state index in [9.17, 15) is 22.8 Å². The number of carbonyl (C=O) groups excluding carboxylic acids is 1. The molecule has 2 aliphatic heterocycles. The molecule has 9 nitrogen and oxygen atoms in total. The van der Waals surface area contributed by atoms with Crippen LogP contribution in [0.4, 0.5) is 18.9 Å². The molecule has 2 saturated heterocycles. The normalized spacial score (nSPS) is 17.8. The summed E-state index contributed by atoms with van der Waals surface area (Å²) in [6, 6.07) is 5.08. The lowest BCUT2D eigenvalue weighted by atomic mass is 9.93. The number of halogens is 3. The average molecular weight is 518 g/mol. The Kier molecular flexibility index (Phi) is 6.76. The van der Waals surface area contributed by atoms with Crippen LogP contribution in [0, 0.1) is 0 Å². The number of aromatic nitrogens is 3. The SMILES string of the molecule is Nc1cc(OC(F)(F)F)ccc1C(=O)N1CCC(n2c(=O)cnc3cc(C4CCOCC4)cnc32)CC1. The molecule has 2 aliphatic rings. The Labute approximate surface area is 210 Å². The molecule has 2 fully saturated rings. The number of nitrogens with two attached hydrogens (primary N) is 1. The van der Waals surface area contributed by atoms with Gasteiger partial charge in [-0.05, 0) is 55.4 Å². The van der Waals surface area contributed by atoms with Gasteiger partial charge in [0, 0.05) is 50.3 Å². The lowest BCUT2D eigenvalue weighted by Crippen LogP contribution is -2.41. The summed E-state index contributed by atoms with van der Waals surface area (Å²) in [5, 5.41) is 0. The first kappa shape index (κ1) is 25.0. The van der Waals surface area contributed by atoms with Gasteiger partial charge in [-0.25, -0.2) is 9.97 Å². The van der Waals surface area contributed by atoms with Gasteiger partial charge in [0.1, 0.15) is 11.3 Å². The number of rotatable bonds is 4. The van der Waals surface area contributed by atoms with Gasteiger partial charge in [-0.15, -0.1) is 13.2 Å². The standard InChI is InChI=1S/C25H26F3N5O4/c26-25(27,28)37-18-1-2-19(20(29)12-18)24(35)32-7-3-17(4-8-32)33-22(34)14-30-21-11-16(13-31-23(21)33)15-5-9-36-10-6-15/h1-2,11-15,17H,3-10,29H2. The van der Waals surface area contributed by atoms with Crippen LogP contribution < -0.4 is 16.0 Å². The fourth-order valence-electron chi connectivity index (χ4n) is 5.07. The van der Waals surface area contributed by atoms with Crippen molar-refractivity contribution in [2.24, 2.45) is 0 Å². The second-order valence-corrected chi connectivity index (χ2v) is 9.28. The van der Waals surface area contributed by atoms with Gasteiger partial charge in [-0.2, -0.15) is 0 Å². The molecule has 0 saturated carbocycles. The molecule has 0 atom stereocenters. The molecule has 2 N–H and O–H groups in total. The largest absolute Gasteiger partial charge is 0.573 e. The van der Waals surface area contributed by atoms with Gasteiger partial charge in [-0.3, -0.25) is 14.2 Å². The van der Waals surface area contributed by atoms with Crippen molar-refractivity contribution in [3.05, 3.63) is 58.1 Å². The maximum absolute atomic E-state index is 13.0. The van der Waals surface area contributed by atoms with Gasteiger partial charge in [0.25, 0.3) is 11.5 Å². The molecule has 1 aromatic carbocycles. The van der Waals surface area contributed by atoms with Crippen molar-refractivity contribution in [3.63, 3.8) is 0 Å². The third-order valence-corrected chi connectivity index (χ3v) is 6.94. The van der Waals surface area contributed by atoms with Crippen LogP contribution in [0.5, 0.6) is 5.75 Å². The first-order valence-corrected chi connectivity index (χ1v) is 12.1. The number of benzene rings is 1. The number of nitrogens with zero attached hydrogens (tertiary/aromatic N) is 4. The summed E-state index contributed by atoms with van der Waals surface area (Å²) >= 11 is 0. The lowest BCUT2D eigenvalue weighted by molar-refractivity contribution is -0.274. The molecule has 1 amide bonds. The number of alkyl halides is 3. The first-order chi connectivity index (χ1) is 17.7. The predicted molar refractivity (Wildman–Crippen MR) is 128 cm³/mol. The van der Waals surface area contributed by atoms with E-state index in [0.717, 1.165) is 30.5 Å². The molecule has 0 radical (unpaired) electrons. The minimum absolute atomic E-state index is 0.0989. The predicted octanol–water partition coefficient (Wildman–Crippen LogP) is 3.64. The van der Waals surface area contributed by atoms with E-state index in [4.69, 9.17) is 10.5 Å². The molecule has 0 unspecified atom stereocenters. The van der Waals surface area contributed by atoms with Crippen molar-refractivity contribution < 1.29 is 27.4 Å². The molecule has 12 heteroatoms. The zero-order valence-electron chi connectivity index (χ0n) is 19.9. The minimum Gasteiger partial charge on any atom is -0.406 e. The summed E-state index contributed by atoms with van der Waals surface area (Å²) in [6.07, 6.45) is 1.11. The second-order valence-electron chi connectivity index (χ2n) is 9.28. The van der Waals surface area contributed by atoms with Crippen molar-refractivity contribution in [2.75, 3.05) is 32.0 Å². The molecule has 5 rings (SSSR count). The molecule has 196 valence electrons. The Morgan fingerprint density at radius 2 is 1.78 bits per heavy atom. The van der Waals surface area contributed by atoms with Gasteiger partial charge in [0.05, 0.1) is 11.8 Å². The number of hydrogen-bond acceptors (Lipinski definition) is 7. The van der Waals surface area contributed by atoms with Gasteiger partial charge in [0.15, 0.2) is 5.65 Å². The highest BCUT2D eigenvalue weighted by atomic mass is 19.4. The Balaban J connectivity index is 1.31. The van der Waals surface area contributed by atoms with E-state index in [-0.39, 0.29) is 28.8 Å². The summed E-state index contributed by atoms with van der Waals surface area (Å²) in [4.78, 5) is 36.3. The summed E-state index contributed by atoms with van der Waals surface area (Å²) in [6.45, 7) is 2.12. The molecule has 37 heavy (non-hydrogen) atoms. The Hall–Kier alpha value is -3.67. The number of carbonyl (C=O) groups is 1. The van der Waals surface area contributed by atoms with Gasteiger partial charge in [-0.1, -0.05) is 0 Å². The molecule has 0 bridgehead atoms. The Morgan fingerprint density at radius 1 is 1.05 bits per heavy atom. The fourth-order valence-corrected chi connectivity index (χ4v) is 5.07. The van der Waals surface area contributed by atoms with E-state index in [2.05, 4.69) is 14.7 Å². The fraction of sp³-hybridized carbons (Fsp3) is 0.440. The smallest absolute Gasteiger partial charge is 0.406 e. The van der Waals surface area contributed by atoms with Crippen LogP contribution in [-0.4, -0.2) is 58.0 Å². The van der Waals surface area contributed by atoms with Crippen molar-refractivity contribution in [1.82, 2.24) is 19.4 Å². The van der Waals surface area contributed by atoms with Crippen molar-refractivity contribution >= 4 is 22.8 Å². The van der Waals surface area contributed by atoms with Crippen LogP contribution in [0.3, 0.4) is 0 Å². The number of pyridine rings is 1. The molecular weight excluding hydrogens is 491 g/mol. The van der Waals surface area contributed by atoms with E-state index in [1.807, 2.05) is 12.3 Å². The Bertz CT molecular complexity index is 1360. The average Bonchev–Trinajstić information content (AvgIpc) is 2.88. The number of piperidine rings is 1. The quantitative estimate of drug-likeness (QED) is 0.526. The molecular formula is C25H26F3N5O4. The van der Waals surface area contributed by atoms with Crippen LogP contribution in [0.1, 0.15) is 53.6 Å². The highest BCUT2D eigenvalue weighted by molar-refractivity contribution is 5.99. The monoisotopic (exact) mass is 517 g/mol. The number of amides is 1. The summed E-state index contributed by atoms with van der Waals surface area (Å²) in [5.74, 6) is -0.527. The zero-order chi connectivity index (χ0) is 26.2. The number of anilines is 1. The third-order valence-electron chi connectivity index (χ3n) is 6.94. The van der Waals surface area contributed by atoms with E-state index < -0.39 is 12.1 Å². The van der Waals surface area contributed by atoms with Crippen LogP contribution >= 0.6 is 0 Å². The van der Waals surface area contributed by atoms with Crippen molar-refractivity contribution in [3.8, 4) is 5.75 Å². The highest BCUT2D eigenvalue weighted by Crippen LogP contribution is 2.31. The minimum atomic E-state index is -4.85. The summed E-state index contributed by atoms with van der Waals surface area (Å²) in [7, 11) is 0. The molecule has 0 spiro atoms. The molecule has 0 aliphatic carbocycles. The molecule has 3 aromatic rings.